The first-order chi connectivity index (χ1) is 28.0. The highest BCUT2D eigenvalue weighted by Crippen LogP contribution is 2.56. The number of hydrogen-bond acceptors (Lipinski definition) is 10. The maximum atomic E-state index is 12.4. The molecular weight excluding hydrogens is 799 g/mol. The second-order valence-corrected chi connectivity index (χ2v) is 16.4. The first-order valence-corrected chi connectivity index (χ1v) is 20.2. The summed E-state index contributed by atoms with van der Waals surface area (Å²) in [5.41, 5.74) is 4.28. The number of carbonyl (C=O) groups is 4. The second kappa shape index (κ2) is 19.5. The number of hydrogen-bond donors (Lipinski definition) is 2. The summed E-state index contributed by atoms with van der Waals surface area (Å²) < 4.78 is 33.2. The van der Waals surface area contributed by atoms with Gasteiger partial charge in [-0.1, -0.05) is 72.8 Å². The van der Waals surface area contributed by atoms with Crippen LogP contribution in [0.25, 0.3) is 11.1 Å². The quantitative estimate of drug-likeness (QED) is 0.0566. The predicted octanol–water partition coefficient (Wildman–Crippen LogP) is 8.16. The van der Waals surface area contributed by atoms with E-state index in [4.69, 9.17) is 51.6 Å². The van der Waals surface area contributed by atoms with Gasteiger partial charge in [-0.15, -0.1) is 23.2 Å². The molecule has 0 aliphatic heterocycles. The summed E-state index contributed by atoms with van der Waals surface area (Å²) >= 11 is 12.2. The van der Waals surface area contributed by atoms with Gasteiger partial charge in [0.05, 0.1) is 17.2 Å². The molecule has 0 saturated heterocycles. The Balaban J connectivity index is 1.30. The van der Waals surface area contributed by atoms with Crippen LogP contribution in [0.4, 0.5) is 9.59 Å². The molecule has 0 saturated carbocycles. The van der Waals surface area contributed by atoms with Crippen molar-refractivity contribution in [3.05, 3.63) is 119 Å². The van der Waals surface area contributed by atoms with Crippen molar-refractivity contribution in [1.82, 2.24) is 10.6 Å². The average Bonchev–Trinajstić information content (AvgIpc) is 3.49. The molecule has 2 unspecified atom stereocenters. The van der Waals surface area contributed by atoms with Gasteiger partial charge in [0.2, 0.25) is 0 Å². The highest BCUT2D eigenvalue weighted by atomic mass is 35.5. The van der Waals surface area contributed by atoms with Crippen molar-refractivity contribution < 1.29 is 47.6 Å². The van der Waals surface area contributed by atoms with Crippen LogP contribution in [0.15, 0.2) is 97.1 Å². The van der Waals surface area contributed by atoms with Crippen molar-refractivity contribution in [3.63, 3.8) is 0 Å². The molecule has 0 spiro atoms. The van der Waals surface area contributed by atoms with E-state index >= 15 is 0 Å². The SMILES string of the molecule is CC(C)(C)OC(=O)NCC(=O)OC(CCl)COc1ccc(C2(c3ccc(OCC(CCl)OC(=O)CNC(=O)OC(C)(C)C)cc3)c3ccccc3-c3ccccc32)cc1. The Bertz CT molecular complexity index is 1930. The lowest BCUT2D eigenvalue weighted by atomic mass is 9.68. The van der Waals surface area contributed by atoms with Gasteiger partial charge in [-0.25, -0.2) is 9.59 Å². The smallest absolute Gasteiger partial charge is 0.408 e. The standard InChI is InChI=1S/C45H50Cl2N2O10/c1-43(2,3)58-41(52)48-25-39(50)56-33(23-46)27-54-31-19-15-29(16-20-31)45(37-13-9-7-11-35(37)36-12-8-10-14-38(36)45)30-17-21-32(22-18-30)55-28-34(24-47)57-40(51)26-49-42(53)59-44(4,5)6/h7-22,33-34H,23-28H2,1-6H3,(H,48,52)(H,49,53). The van der Waals surface area contributed by atoms with Gasteiger partial charge in [-0.3, -0.25) is 9.59 Å². The van der Waals surface area contributed by atoms with Crippen molar-refractivity contribution >= 4 is 47.3 Å². The molecule has 59 heavy (non-hydrogen) atoms. The van der Waals surface area contributed by atoms with Crippen LogP contribution >= 0.6 is 23.2 Å². The second-order valence-electron chi connectivity index (χ2n) is 15.8. The van der Waals surface area contributed by atoms with Crippen LogP contribution in [0.3, 0.4) is 0 Å². The van der Waals surface area contributed by atoms with Crippen LogP contribution < -0.4 is 20.1 Å². The van der Waals surface area contributed by atoms with Crippen LogP contribution in [0, 0.1) is 0 Å². The number of rotatable bonds is 16. The molecule has 0 radical (unpaired) electrons. The number of benzene rings is 4. The number of amides is 2. The van der Waals surface area contributed by atoms with E-state index < -0.39 is 53.0 Å². The Hall–Kier alpha value is -5.46. The van der Waals surface area contributed by atoms with Gasteiger partial charge in [0.25, 0.3) is 0 Å². The molecule has 14 heteroatoms. The van der Waals surface area contributed by atoms with E-state index in [1.807, 2.05) is 72.8 Å². The molecule has 2 N–H and O–H groups in total. The summed E-state index contributed by atoms with van der Waals surface area (Å²) in [4.78, 5) is 48.7. The monoisotopic (exact) mass is 848 g/mol. The van der Waals surface area contributed by atoms with Crippen LogP contribution in [-0.4, -0.2) is 85.6 Å². The molecular formula is C45H50Cl2N2O10. The molecule has 2 atom stereocenters. The van der Waals surface area contributed by atoms with Gasteiger partial charge in [-0.2, -0.15) is 0 Å². The van der Waals surface area contributed by atoms with E-state index in [0.717, 1.165) is 33.4 Å². The van der Waals surface area contributed by atoms with Gasteiger partial charge in [0.15, 0.2) is 0 Å². The van der Waals surface area contributed by atoms with Gasteiger partial charge in [0.1, 0.15) is 61.2 Å². The lowest BCUT2D eigenvalue weighted by Gasteiger charge is -2.34. The molecule has 2 amide bonds. The van der Waals surface area contributed by atoms with E-state index in [1.54, 1.807) is 41.5 Å². The van der Waals surface area contributed by atoms with Gasteiger partial charge in [0, 0.05) is 0 Å². The third-order valence-electron chi connectivity index (χ3n) is 8.89. The fourth-order valence-electron chi connectivity index (χ4n) is 6.60. The van der Waals surface area contributed by atoms with Crippen LogP contribution in [0.5, 0.6) is 11.5 Å². The Morgan fingerprint density at radius 3 is 1.25 bits per heavy atom. The number of nitrogens with one attached hydrogen (secondary N) is 2. The van der Waals surface area contributed by atoms with Crippen LogP contribution in [0.1, 0.15) is 63.8 Å². The minimum atomic E-state index is -0.766. The summed E-state index contributed by atoms with van der Waals surface area (Å²) in [6.45, 7) is 9.56. The Labute approximate surface area is 354 Å². The van der Waals surface area contributed by atoms with E-state index in [1.165, 1.54) is 0 Å². The minimum absolute atomic E-state index is 0.00789. The van der Waals surface area contributed by atoms with Gasteiger partial charge < -0.3 is 39.1 Å². The minimum Gasteiger partial charge on any atom is -0.490 e. The number of ether oxygens (including phenoxy) is 6. The molecule has 4 aromatic rings. The molecule has 1 aliphatic carbocycles. The summed E-state index contributed by atoms with van der Waals surface area (Å²) in [5, 5.41) is 4.76. The summed E-state index contributed by atoms with van der Waals surface area (Å²) in [6, 6.07) is 32.2. The van der Waals surface area contributed by atoms with E-state index in [9.17, 15) is 19.2 Å². The van der Waals surface area contributed by atoms with Crippen molar-refractivity contribution in [1.29, 1.82) is 0 Å². The molecule has 0 fully saturated rings. The summed E-state index contributed by atoms with van der Waals surface area (Å²) in [7, 11) is 0. The highest BCUT2D eigenvalue weighted by molar-refractivity contribution is 6.18. The Morgan fingerprint density at radius 2 is 0.915 bits per heavy atom. The van der Waals surface area contributed by atoms with Crippen molar-refractivity contribution in [2.24, 2.45) is 0 Å². The number of alkyl halides is 2. The molecule has 1 aliphatic rings. The van der Waals surface area contributed by atoms with Crippen LogP contribution in [-0.2, 0) is 34.0 Å². The summed E-state index contributed by atoms with van der Waals surface area (Å²) in [5.74, 6) is -0.301. The number of fused-ring (bicyclic) bond motifs is 3. The third kappa shape index (κ3) is 11.8. The lowest BCUT2D eigenvalue weighted by molar-refractivity contribution is -0.149. The lowest BCUT2D eigenvalue weighted by Crippen LogP contribution is -2.38. The van der Waals surface area contributed by atoms with Gasteiger partial charge in [-0.05, 0) is 99.2 Å². The molecule has 0 aromatic heterocycles. The molecule has 0 heterocycles. The van der Waals surface area contributed by atoms with Crippen molar-refractivity contribution in [2.45, 2.75) is 70.4 Å². The molecule has 4 aromatic carbocycles. The first kappa shape index (κ1) is 44.6. The fourth-order valence-corrected chi connectivity index (χ4v) is 6.90. The van der Waals surface area contributed by atoms with E-state index in [0.29, 0.717) is 11.5 Å². The normalized spacial score (nSPS) is 13.8. The Morgan fingerprint density at radius 1 is 0.559 bits per heavy atom. The van der Waals surface area contributed by atoms with Crippen molar-refractivity contribution in [2.75, 3.05) is 38.1 Å². The zero-order chi connectivity index (χ0) is 42.8. The average molecular weight is 850 g/mol. The number of halogens is 2. The molecule has 0 bridgehead atoms. The fraction of sp³-hybridized carbons (Fsp3) is 0.378. The highest BCUT2D eigenvalue weighted by Gasteiger charge is 2.46. The molecule has 12 nitrogen and oxygen atoms in total. The van der Waals surface area contributed by atoms with Gasteiger partial charge >= 0.3 is 24.1 Å². The maximum Gasteiger partial charge on any atom is 0.408 e. The first-order valence-electron chi connectivity index (χ1n) is 19.1. The molecule has 5 rings (SSSR count). The molecule has 314 valence electrons. The van der Waals surface area contributed by atoms with E-state index in [-0.39, 0.29) is 38.1 Å². The Kier molecular flexibility index (Phi) is 14.8. The third-order valence-corrected chi connectivity index (χ3v) is 9.58. The maximum absolute atomic E-state index is 12.4. The largest absolute Gasteiger partial charge is 0.490 e. The number of alkyl carbamates (subject to hydrolysis) is 2. The topological polar surface area (TPSA) is 148 Å². The van der Waals surface area contributed by atoms with Crippen molar-refractivity contribution in [3.8, 4) is 22.6 Å². The van der Waals surface area contributed by atoms with Crippen LogP contribution in [0.2, 0.25) is 0 Å². The number of carbonyl (C=O) groups excluding carboxylic acids is 4. The van der Waals surface area contributed by atoms with E-state index in [2.05, 4.69) is 34.9 Å². The summed E-state index contributed by atoms with van der Waals surface area (Å²) in [6.07, 6.45) is -2.99. The predicted molar refractivity (Wildman–Crippen MR) is 224 cm³/mol. The number of esters is 2. The zero-order valence-electron chi connectivity index (χ0n) is 34.0. The zero-order valence-corrected chi connectivity index (χ0v) is 35.5.